The van der Waals surface area contributed by atoms with Crippen molar-refractivity contribution in [1.82, 2.24) is 4.90 Å². The predicted molar refractivity (Wildman–Crippen MR) is 69.6 cm³/mol. The Bertz CT molecular complexity index is 526. The molecule has 18 heavy (non-hydrogen) atoms. The van der Waals surface area contributed by atoms with Gasteiger partial charge in [-0.3, -0.25) is 4.79 Å². The molecule has 0 saturated heterocycles. The van der Waals surface area contributed by atoms with Gasteiger partial charge in [0.2, 0.25) is 15.9 Å². The van der Waals surface area contributed by atoms with Gasteiger partial charge in [0.1, 0.15) is 4.90 Å². The Hall–Kier alpha value is -1.60. The van der Waals surface area contributed by atoms with Crippen LogP contribution in [-0.4, -0.2) is 39.9 Å². The van der Waals surface area contributed by atoms with Gasteiger partial charge in [-0.15, -0.1) is 0 Å². The lowest BCUT2D eigenvalue weighted by atomic mass is 10.3. The van der Waals surface area contributed by atoms with E-state index in [2.05, 4.69) is 5.32 Å². The maximum Gasteiger partial charge on any atom is 0.240 e. The average Bonchev–Trinajstić information content (AvgIpc) is 2.28. The fourth-order valence-electron chi connectivity index (χ4n) is 1.39. The van der Waals surface area contributed by atoms with E-state index in [1.165, 1.54) is 11.0 Å². The van der Waals surface area contributed by atoms with E-state index in [1.807, 2.05) is 0 Å². The number of nitrogens with two attached hydrogens (primary N) is 1. The van der Waals surface area contributed by atoms with E-state index in [0.717, 1.165) is 0 Å². The molecule has 7 heteroatoms. The molecule has 1 aromatic rings. The number of hydrogen-bond acceptors (Lipinski definition) is 4. The smallest absolute Gasteiger partial charge is 0.240 e. The minimum atomic E-state index is -3.76. The van der Waals surface area contributed by atoms with Gasteiger partial charge < -0.3 is 10.2 Å². The van der Waals surface area contributed by atoms with E-state index in [4.69, 9.17) is 5.14 Å². The molecule has 0 aromatic heterocycles. The minimum Gasteiger partial charge on any atom is -0.383 e. The summed E-state index contributed by atoms with van der Waals surface area (Å²) in [5.74, 6) is -0.0319. The zero-order chi connectivity index (χ0) is 13.8. The van der Waals surface area contributed by atoms with Crippen LogP contribution in [0.3, 0.4) is 0 Å². The summed E-state index contributed by atoms with van der Waals surface area (Å²) in [6.45, 7) is 0.351. The zero-order valence-electron chi connectivity index (χ0n) is 10.4. The van der Waals surface area contributed by atoms with Crippen LogP contribution in [0.1, 0.15) is 6.42 Å². The molecule has 0 saturated carbocycles. The molecule has 0 aliphatic carbocycles. The van der Waals surface area contributed by atoms with Crippen LogP contribution < -0.4 is 10.5 Å². The third-order valence-electron chi connectivity index (χ3n) is 2.35. The van der Waals surface area contributed by atoms with E-state index in [-0.39, 0.29) is 17.2 Å². The first-order valence-corrected chi connectivity index (χ1v) is 6.93. The van der Waals surface area contributed by atoms with Gasteiger partial charge in [0.15, 0.2) is 0 Å². The molecule has 1 rings (SSSR count). The summed E-state index contributed by atoms with van der Waals surface area (Å²) in [4.78, 5) is 12.9. The second-order valence-electron chi connectivity index (χ2n) is 4.01. The Balaban J connectivity index is 2.72. The average molecular weight is 271 g/mol. The quantitative estimate of drug-likeness (QED) is 0.801. The van der Waals surface area contributed by atoms with Crippen LogP contribution in [0.15, 0.2) is 29.2 Å². The summed E-state index contributed by atoms with van der Waals surface area (Å²) >= 11 is 0. The molecular formula is C11H17N3O3S. The van der Waals surface area contributed by atoms with Crippen molar-refractivity contribution in [2.45, 2.75) is 11.3 Å². The Morgan fingerprint density at radius 1 is 1.33 bits per heavy atom. The van der Waals surface area contributed by atoms with Crippen LogP contribution in [-0.2, 0) is 14.8 Å². The first-order valence-electron chi connectivity index (χ1n) is 5.38. The number of amides is 1. The Kier molecular flexibility index (Phi) is 4.69. The lowest BCUT2D eigenvalue weighted by molar-refractivity contribution is -0.128. The second kappa shape index (κ2) is 5.83. The maximum absolute atomic E-state index is 11.4. The van der Waals surface area contributed by atoms with Crippen LogP contribution in [0.4, 0.5) is 5.69 Å². The van der Waals surface area contributed by atoms with E-state index >= 15 is 0 Å². The standard InChI is InChI=1S/C11H17N3O3S/c1-14(2)11(15)7-8-13-9-5-3-4-6-10(9)18(12,16)17/h3-6,13H,7-8H2,1-2H3,(H2,12,16,17). The van der Waals surface area contributed by atoms with Gasteiger partial charge in [0.25, 0.3) is 0 Å². The Labute approximate surface area is 107 Å². The number of nitrogens with zero attached hydrogens (tertiary/aromatic N) is 1. The van der Waals surface area contributed by atoms with Crippen molar-refractivity contribution < 1.29 is 13.2 Å². The summed E-state index contributed by atoms with van der Waals surface area (Å²) in [6.07, 6.45) is 0.284. The first-order chi connectivity index (χ1) is 8.32. The van der Waals surface area contributed by atoms with Crippen molar-refractivity contribution in [3.8, 4) is 0 Å². The number of anilines is 1. The van der Waals surface area contributed by atoms with E-state index in [1.54, 1.807) is 32.3 Å². The number of sulfonamides is 1. The van der Waals surface area contributed by atoms with Gasteiger partial charge in [-0.05, 0) is 12.1 Å². The van der Waals surface area contributed by atoms with Gasteiger partial charge in [-0.1, -0.05) is 12.1 Å². The molecule has 0 unspecified atom stereocenters. The highest BCUT2D eigenvalue weighted by Gasteiger charge is 2.13. The molecule has 0 heterocycles. The predicted octanol–water partition coefficient (Wildman–Crippen LogP) is 0.224. The molecule has 0 fully saturated rings. The third kappa shape index (κ3) is 4.01. The van der Waals surface area contributed by atoms with E-state index < -0.39 is 10.0 Å². The van der Waals surface area contributed by atoms with Crippen LogP contribution in [0.5, 0.6) is 0 Å². The number of carbonyl (C=O) groups excluding carboxylic acids is 1. The van der Waals surface area contributed by atoms with Crippen molar-refractivity contribution in [2.24, 2.45) is 5.14 Å². The first kappa shape index (κ1) is 14.5. The molecular weight excluding hydrogens is 254 g/mol. The van der Waals surface area contributed by atoms with Crippen molar-refractivity contribution in [3.05, 3.63) is 24.3 Å². The van der Waals surface area contributed by atoms with Crippen LogP contribution in [0, 0.1) is 0 Å². The van der Waals surface area contributed by atoms with E-state index in [9.17, 15) is 13.2 Å². The van der Waals surface area contributed by atoms with Gasteiger partial charge in [0.05, 0.1) is 5.69 Å². The normalized spacial score (nSPS) is 11.1. The van der Waals surface area contributed by atoms with Gasteiger partial charge >= 0.3 is 0 Å². The number of hydrogen-bond donors (Lipinski definition) is 2. The summed E-state index contributed by atoms with van der Waals surface area (Å²) in [5.41, 5.74) is 0.409. The minimum absolute atomic E-state index is 0.0299. The monoisotopic (exact) mass is 271 g/mol. The summed E-state index contributed by atoms with van der Waals surface area (Å²) < 4.78 is 22.6. The fourth-order valence-corrected chi connectivity index (χ4v) is 2.10. The number of para-hydroxylation sites is 1. The molecule has 1 amide bonds. The van der Waals surface area contributed by atoms with E-state index in [0.29, 0.717) is 12.2 Å². The van der Waals surface area contributed by atoms with Crippen molar-refractivity contribution >= 4 is 21.6 Å². The van der Waals surface area contributed by atoms with Gasteiger partial charge in [-0.2, -0.15) is 0 Å². The number of carbonyl (C=O) groups is 1. The number of primary sulfonamides is 1. The highest BCUT2D eigenvalue weighted by Crippen LogP contribution is 2.18. The second-order valence-corrected chi connectivity index (χ2v) is 5.54. The Morgan fingerprint density at radius 3 is 2.50 bits per heavy atom. The summed E-state index contributed by atoms with van der Waals surface area (Å²) in [6, 6.07) is 6.33. The summed E-state index contributed by atoms with van der Waals surface area (Å²) in [7, 11) is -0.424. The molecule has 0 radical (unpaired) electrons. The van der Waals surface area contributed by atoms with Crippen LogP contribution in [0.25, 0.3) is 0 Å². The molecule has 0 atom stereocenters. The molecule has 1 aromatic carbocycles. The lowest BCUT2D eigenvalue weighted by Crippen LogP contribution is -2.24. The number of nitrogens with one attached hydrogen (secondary N) is 1. The number of benzene rings is 1. The van der Waals surface area contributed by atoms with Crippen molar-refractivity contribution in [2.75, 3.05) is 26.0 Å². The SMILES string of the molecule is CN(C)C(=O)CCNc1ccccc1S(N)(=O)=O. The highest BCUT2D eigenvalue weighted by molar-refractivity contribution is 7.89. The zero-order valence-corrected chi connectivity index (χ0v) is 11.2. The summed E-state index contributed by atoms with van der Waals surface area (Å²) in [5, 5.41) is 7.99. The molecule has 6 nitrogen and oxygen atoms in total. The maximum atomic E-state index is 11.4. The van der Waals surface area contributed by atoms with Crippen molar-refractivity contribution in [3.63, 3.8) is 0 Å². The van der Waals surface area contributed by atoms with Crippen LogP contribution in [0.2, 0.25) is 0 Å². The largest absolute Gasteiger partial charge is 0.383 e. The molecule has 0 aliphatic heterocycles. The van der Waals surface area contributed by atoms with Gasteiger partial charge in [-0.25, -0.2) is 13.6 Å². The fraction of sp³-hybridized carbons (Fsp3) is 0.364. The van der Waals surface area contributed by atoms with Crippen molar-refractivity contribution in [1.29, 1.82) is 0 Å². The highest BCUT2D eigenvalue weighted by atomic mass is 32.2. The molecule has 0 aliphatic rings. The molecule has 0 spiro atoms. The lowest BCUT2D eigenvalue weighted by Gasteiger charge is -2.12. The topological polar surface area (TPSA) is 92.5 Å². The Morgan fingerprint density at radius 2 is 1.94 bits per heavy atom. The molecule has 0 bridgehead atoms. The molecule has 3 N–H and O–H groups in total. The third-order valence-corrected chi connectivity index (χ3v) is 3.32. The number of rotatable bonds is 5. The molecule has 100 valence electrons. The van der Waals surface area contributed by atoms with Crippen LogP contribution >= 0.6 is 0 Å². The van der Waals surface area contributed by atoms with Gasteiger partial charge in [0, 0.05) is 27.1 Å².